The van der Waals surface area contributed by atoms with Gasteiger partial charge in [-0.25, -0.2) is 0 Å². The van der Waals surface area contributed by atoms with Crippen LogP contribution in [0.1, 0.15) is 0 Å². The van der Waals surface area contributed by atoms with Crippen molar-refractivity contribution in [1.82, 2.24) is 0 Å². The standard InChI is InChI=1S/Cu.3NO3.3H2O/c;3*2-1(3)4;;;/h;;;;3*1H2/q+3;3*-1;;;. The molecular weight excluding hydrogens is 298 g/mol. The molecule has 0 aliphatic rings. The van der Waals surface area contributed by atoms with Gasteiger partial charge in [0.15, 0.2) is 0 Å². The summed E-state index contributed by atoms with van der Waals surface area (Å²) in [5.41, 5.74) is 0. The van der Waals surface area contributed by atoms with Crippen molar-refractivity contribution in [3.05, 3.63) is 46.0 Å². The quantitative estimate of drug-likeness (QED) is 0.246. The third-order valence-electron chi connectivity index (χ3n) is 0. The summed E-state index contributed by atoms with van der Waals surface area (Å²) in [6, 6.07) is 0. The van der Waals surface area contributed by atoms with E-state index in [4.69, 9.17) is 46.0 Å². The molecule has 0 aromatic rings. The van der Waals surface area contributed by atoms with E-state index in [-0.39, 0.29) is 33.5 Å². The summed E-state index contributed by atoms with van der Waals surface area (Å²) in [6.45, 7) is 0. The van der Waals surface area contributed by atoms with Crippen LogP contribution >= 0.6 is 0 Å². The molecular formula is H6CuN3O12. The number of rotatable bonds is 0. The molecule has 0 rings (SSSR count). The maximum atomic E-state index is 8.25. The summed E-state index contributed by atoms with van der Waals surface area (Å²) in [5.74, 6) is 0. The van der Waals surface area contributed by atoms with Crippen LogP contribution in [0.3, 0.4) is 0 Å². The second-order valence-corrected chi connectivity index (χ2v) is 0.671. The second kappa shape index (κ2) is 38.2. The molecule has 0 amide bonds. The van der Waals surface area contributed by atoms with E-state index < -0.39 is 15.3 Å². The van der Waals surface area contributed by atoms with Crippen LogP contribution < -0.4 is 0 Å². The summed E-state index contributed by atoms with van der Waals surface area (Å²) >= 11 is 0. The van der Waals surface area contributed by atoms with Crippen LogP contribution in [0.25, 0.3) is 0 Å². The van der Waals surface area contributed by atoms with Gasteiger partial charge in [-0.15, -0.1) is 0 Å². The minimum Gasteiger partial charge on any atom is -0.412 e. The zero-order chi connectivity index (χ0) is 10.7. The molecule has 0 aromatic heterocycles. The fraction of sp³-hybridized carbons (Fsp3) is 0. The van der Waals surface area contributed by atoms with Gasteiger partial charge < -0.3 is 62.4 Å². The molecule has 15 nitrogen and oxygen atoms in total. The molecule has 104 valence electrons. The van der Waals surface area contributed by atoms with Crippen molar-refractivity contribution in [3.8, 4) is 0 Å². The number of nitrogens with zero attached hydrogens (tertiary/aromatic N) is 3. The zero-order valence-corrected chi connectivity index (χ0v) is 7.76. The Hall–Kier alpha value is -2.00. The van der Waals surface area contributed by atoms with Gasteiger partial charge in [-0.05, 0) is 0 Å². The first-order chi connectivity index (χ1) is 5.20. The van der Waals surface area contributed by atoms with Gasteiger partial charge in [0, 0.05) is 0 Å². The van der Waals surface area contributed by atoms with E-state index in [1.807, 2.05) is 0 Å². The van der Waals surface area contributed by atoms with Crippen LogP contribution in [0, 0.1) is 46.0 Å². The van der Waals surface area contributed by atoms with Gasteiger partial charge >= 0.3 is 17.1 Å². The number of hydrogen-bond donors (Lipinski definition) is 0. The smallest absolute Gasteiger partial charge is 0.412 e. The summed E-state index contributed by atoms with van der Waals surface area (Å²) < 4.78 is 0. The Kier molecular flexibility index (Phi) is 115. The van der Waals surface area contributed by atoms with Gasteiger partial charge in [0.05, 0.1) is 15.3 Å². The second-order valence-electron chi connectivity index (χ2n) is 0.671. The van der Waals surface area contributed by atoms with Gasteiger partial charge in [-0.3, -0.25) is 0 Å². The first-order valence-corrected chi connectivity index (χ1v) is 1.64. The molecule has 0 heterocycles. The Labute approximate surface area is 95.6 Å². The van der Waals surface area contributed by atoms with E-state index >= 15 is 0 Å². The molecule has 0 radical (unpaired) electrons. The van der Waals surface area contributed by atoms with Crippen LogP contribution in [0.2, 0.25) is 0 Å². The van der Waals surface area contributed by atoms with Crippen molar-refractivity contribution in [2.45, 2.75) is 0 Å². The molecule has 0 aliphatic carbocycles. The van der Waals surface area contributed by atoms with Crippen LogP contribution in [0.4, 0.5) is 0 Å². The van der Waals surface area contributed by atoms with E-state index in [1.165, 1.54) is 0 Å². The van der Waals surface area contributed by atoms with Gasteiger partial charge in [0.2, 0.25) is 0 Å². The Morgan fingerprint density at radius 1 is 0.500 bits per heavy atom. The van der Waals surface area contributed by atoms with Crippen molar-refractivity contribution < 1.29 is 48.8 Å². The van der Waals surface area contributed by atoms with Crippen LogP contribution in [0.15, 0.2) is 0 Å². The fourth-order valence-electron chi connectivity index (χ4n) is 0. The Morgan fingerprint density at radius 3 is 0.500 bits per heavy atom. The van der Waals surface area contributed by atoms with E-state index in [2.05, 4.69) is 0 Å². The molecule has 0 aliphatic heterocycles. The van der Waals surface area contributed by atoms with Crippen molar-refractivity contribution in [2.75, 3.05) is 0 Å². The predicted octanol–water partition coefficient (Wildman–Crippen LogP) is -3.19. The summed E-state index contributed by atoms with van der Waals surface area (Å²) in [7, 11) is 0. The molecule has 6 N–H and O–H groups in total. The van der Waals surface area contributed by atoms with Crippen molar-refractivity contribution in [2.24, 2.45) is 0 Å². The number of hydrogen-bond acceptors (Lipinski definition) is 9. The molecule has 0 fully saturated rings. The normalized spacial score (nSPS) is 4.50. The molecule has 0 spiro atoms. The van der Waals surface area contributed by atoms with Crippen LogP contribution in [-0.4, -0.2) is 31.7 Å². The minimum atomic E-state index is -1.75. The Bertz CT molecular complexity index is 114. The van der Waals surface area contributed by atoms with Gasteiger partial charge in [-0.1, -0.05) is 0 Å². The average Bonchev–Trinajstić information content (AvgIpc) is 1.54. The molecule has 0 atom stereocenters. The summed E-state index contributed by atoms with van der Waals surface area (Å²) in [4.78, 5) is 24.8. The average molecular weight is 304 g/mol. The maximum Gasteiger partial charge on any atom is 3.00 e. The SMILES string of the molecule is O.O.O.O=[N+]([O-])[O-].O=[N+]([O-])[O-].O=[N+]([O-])[O-].[Cu+3]. The summed E-state index contributed by atoms with van der Waals surface area (Å²) in [6.07, 6.45) is 0. The summed E-state index contributed by atoms with van der Waals surface area (Å²) in [5, 5.41) is 44.2. The third kappa shape index (κ3) is 363. The molecule has 16 heavy (non-hydrogen) atoms. The van der Waals surface area contributed by atoms with Crippen LogP contribution in [-0.2, 0) is 17.1 Å². The largest absolute Gasteiger partial charge is 3.00 e. The van der Waals surface area contributed by atoms with Gasteiger partial charge in [-0.2, -0.15) is 0 Å². The Morgan fingerprint density at radius 2 is 0.500 bits per heavy atom. The van der Waals surface area contributed by atoms with Crippen molar-refractivity contribution in [3.63, 3.8) is 0 Å². The van der Waals surface area contributed by atoms with Crippen molar-refractivity contribution in [1.29, 1.82) is 0 Å². The third-order valence-corrected chi connectivity index (χ3v) is 0. The predicted molar refractivity (Wildman–Crippen MR) is 41.9 cm³/mol. The molecule has 16 heteroatoms. The van der Waals surface area contributed by atoms with Crippen molar-refractivity contribution >= 4 is 0 Å². The zero-order valence-electron chi connectivity index (χ0n) is 6.82. The monoisotopic (exact) mass is 303 g/mol. The Balaban J connectivity index is -0.0000000135. The van der Waals surface area contributed by atoms with Crippen LogP contribution in [0.5, 0.6) is 0 Å². The topological polar surface area (TPSA) is 293 Å². The van der Waals surface area contributed by atoms with E-state index in [0.717, 1.165) is 0 Å². The first kappa shape index (κ1) is 48.3. The van der Waals surface area contributed by atoms with E-state index in [9.17, 15) is 0 Å². The molecule has 0 unspecified atom stereocenters. The molecule has 0 saturated heterocycles. The van der Waals surface area contributed by atoms with E-state index in [1.54, 1.807) is 0 Å². The molecule has 0 saturated carbocycles. The molecule has 0 bridgehead atoms. The van der Waals surface area contributed by atoms with Gasteiger partial charge in [0.25, 0.3) is 0 Å². The molecule has 0 aromatic carbocycles. The maximum absolute atomic E-state index is 8.25. The fourth-order valence-corrected chi connectivity index (χ4v) is 0. The first-order valence-electron chi connectivity index (χ1n) is 1.64. The van der Waals surface area contributed by atoms with E-state index in [0.29, 0.717) is 0 Å². The minimum absolute atomic E-state index is 0. The van der Waals surface area contributed by atoms with Gasteiger partial charge in [0.1, 0.15) is 0 Å².